The molecule has 0 aliphatic heterocycles. The van der Waals surface area contributed by atoms with E-state index in [1.165, 1.54) is 0 Å². The lowest BCUT2D eigenvalue weighted by molar-refractivity contribution is 0.263. The van der Waals surface area contributed by atoms with Crippen LogP contribution in [0.2, 0.25) is 0 Å². The van der Waals surface area contributed by atoms with Crippen molar-refractivity contribution in [2.45, 2.75) is 11.8 Å². The van der Waals surface area contributed by atoms with Crippen molar-refractivity contribution in [3.8, 4) is 0 Å². The molecule has 0 aliphatic rings. The Labute approximate surface area is 53.2 Å². The van der Waals surface area contributed by atoms with E-state index in [0.29, 0.717) is 0 Å². The summed E-state index contributed by atoms with van der Waals surface area (Å²) in [4.78, 5) is -0.623. The van der Waals surface area contributed by atoms with Gasteiger partial charge in [0.25, 0.3) is 0 Å². The zero-order chi connectivity index (χ0) is 5.91. The van der Waals surface area contributed by atoms with E-state index in [2.05, 4.69) is 0 Å². The average molecular weight is 143 g/mol. The predicted molar refractivity (Wildman–Crippen MR) is 32.1 cm³/mol. The molecule has 0 unspecified atom stereocenters. The lowest BCUT2D eigenvalue weighted by Gasteiger charge is -2.12. The Kier molecular flexibility index (Phi) is 2.96. The van der Waals surface area contributed by atoms with Gasteiger partial charge in [0.15, 0.2) is 0 Å². The Bertz CT molecular complexity index is 47.7. The third-order valence-electron chi connectivity index (χ3n) is 0.608. The quantitative estimate of drug-likeness (QED) is 0.576. The SMILES string of the molecule is C[C@@](Cl)(CO)CCl. The van der Waals surface area contributed by atoms with Gasteiger partial charge in [-0.3, -0.25) is 0 Å². The van der Waals surface area contributed by atoms with Crippen molar-refractivity contribution in [2.24, 2.45) is 0 Å². The van der Waals surface area contributed by atoms with Gasteiger partial charge in [-0.05, 0) is 6.92 Å². The van der Waals surface area contributed by atoms with E-state index >= 15 is 0 Å². The highest BCUT2D eigenvalue weighted by Gasteiger charge is 2.16. The van der Waals surface area contributed by atoms with E-state index < -0.39 is 4.87 Å². The third kappa shape index (κ3) is 3.15. The van der Waals surface area contributed by atoms with Crippen LogP contribution >= 0.6 is 23.2 Å². The summed E-state index contributed by atoms with van der Waals surface area (Å²) >= 11 is 10.8. The highest BCUT2D eigenvalue weighted by molar-refractivity contribution is 6.30. The molecule has 7 heavy (non-hydrogen) atoms. The first-order chi connectivity index (χ1) is 3.12. The van der Waals surface area contributed by atoms with Gasteiger partial charge in [0.2, 0.25) is 0 Å². The maximum atomic E-state index is 8.38. The number of aliphatic hydroxyl groups excluding tert-OH is 1. The molecule has 0 saturated heterocycles. The summed E-state index contributed by atoms with van der Waals surface area (Å²) in [6.45, 7) is 1.61. The predicted octanol–water partition coefficient (Wildman–Crippen LogP) is 1.22. The highest BCUT2D eigenvalue weighted by atomic mass is 35.5. The van der Waals surface area contributed by atoms with Crippen molar-refractivity contribution in [3.05, 3.63) is 0 Å². The Balaban J connectivity index is 3.36. The second kappa shape index (κ2) is 2.75. The van der Waals surface area contributed by atoms with Gasteiger partial charge >= 0.3 is 0 Å². The first-order valence-corrected chi connectivity index (χ1v) is 2.89. The molecule has 44 valence electrons. The number of aliphatic hydroxyl groups is 1. The highest BCUT2D eigenvalue weighted by Crippen LogP contribution is 2.13. The summed E-state index contributed by atoms with van der Waals surface area (Å²) in [7, 11) is 0. The number of hydrogen-bond acceptors (Lipinski definition) is 1. The molecule has 1 atom stereocenters. The van der Waals surface area contributed by atoms with Gasteiger partial charge in [-0.1, -0.05) is 0 Å². The minimum Gasteiger partial charge on any atom is -0.395 e. The van der Waals surface area contributed by atoms with Crippen molar-refractivity contribution in [1.29, 1.82) is 0 Å². The zero-order valence-electron chi connectivity index (χ0n) is 4.12. The van der Waals surface area contributed by atoms with E-state index in [1.807, 2.05) is 0 Å². The van der Waals surface area contributed by atoms with Crippen LogP contribution in [0.5, 0.6) is 0 Å². The molecule has 1 N–H and O–H groups in total. The van der Waals surface area contributed by atoms with Gasteiger partial charge in [-0.15, -0.1) is 23.2 Å². The Hall–Kier alpha value is 0.540. The minimum absolute atomic E-state index is 0.0714. The van der Waals surface area contributed by atoms with Crippen LogP contribution in [0, 0.1) is 0 Å². The second-order valence-electron chi connectivity index (χ2n) is 1.71. The third-order valence-corrected chi connectivity index (χ3v) is 1.59. The van der Waals surface area contributed by atoms with Gasteiger partial charge in [0, 0.05) is 5.88 Å². The molecule has 0 aliphatic carbocycles. The number of hydrogen-bond donors (Lipinski definition) is 1. The zero-order valence-corrected chi connectivity index (χ0v) is 5.63. The Morgan fingerprint density at radius 2 is 2.14 bits per heavy atom. The molecular weight excluding hydrogens is 135 g/mol. The van der Waals surface area contributed by atoms with E-state index in [0.717, 1.165) is 0 Å². The van der Waals surface area contributed by atoms with E-state index in [-0.39, 0.29) is 12.5 Å². The van der Waals surface area contributed by atoms with Crippen molar-refractivity contribution in [3.63, 3.8) is 0 Å². The van der Waals surface area contributed by atoms with Crippen molar-refractivity contribution in [2.75, 3.05) is 12.5 Å². The lowest BCUT2D eigenvalue weighted by atomic mass is 10.2. The molecule has 0 aromatic heterocycles. The summed E-state index contributed by atoms with van der Waals surface area (Å²) in [5, 5.41) is 8.38. The van der Waals surface area contributed by atoms with Crippen LogP contribution in [0.15, 0.2) is 0 Å². The fourth-order valence-corrected chi connectivity index (χ4v) is 0.127. The molecule has 0 saturated carbocycles. The van der Waals surface area contributed by atoms with E-state index in [9.17, 15) is 0 Å². The van der Waals surface area contributed by atoms with Gasteiger partial charge < -0.3 is 5.11 Å². The number of halogens is 2. The molecule has 0 amide bonds. The topological polar surface area (TPSA) is 20.2 Å². The largest absolute Gasteiger partial charge is 0.395 e. The van der Waals surface area contributed by atoms with Crippen LogP contribution in [-0.2, 0) is 0 Å². The Morgan fingerprint density at radius 3 is 2.14 bits per heavy atom. The van der Waals surface area contributed by atoms with E-state index in [4.69, 9.17) is 28.3 Å². The molecule has 0 spiro atoms. The second-order valence-corrected chi connectivity index (χ2v) is 2.88. The first-order valence-electron chi connectivity index (χ1n) is 1.98. The standard InChI is InChI=1S/C4H8Cl2O/c1-4(6,2-5)3-7/h7H,2-3H2,1H3/t4-/m0/s1. The van der Waals surface area contributed by atoms with Gasteiger partial charge in [0.05, 0.1) is 11.5 Å². The molecule has 0 aromatic carbocycles. The van der Waals surface area contributed by atoms with E-state index in [1.54, 1.807) is 6.92 Å². The molecule has 1 nitrogen and oxygen atoms in total. The molecule has 0 heterocycles. The smallest absolute Gasteiger partial charge is 0.0783 e. The van der Waals surface area contributed by atoms with Crippen molar-refractivity contribution >= 4 is 23.2 Å². The Morgan fingerprint density at radius 1 is 1.71 bits per heavy atom. The average Bonchev–Trinajstić information content (AvgIpc) is 1.68. The van der Waals surface area contributed by atoms with Crippen LogP contribution in [0.1, 0.15) is 6.92 Å². The fourth-order valence-electron chi connectivity index (χ4n) is 0.0423. The molecule has 0 fully saturated rings. The molecule has 0 bridgehead atoms. The maximum Gasteiger partial charge on any atom is 0.0783 e. The normalized spacial score (nSPS) is 18.9. The van der Waals surface area contributed by atoms with Gasteiger partial charge in [-0.2, -0.15) is 0 Å². The van der Waals surface area contributed by atoms with Gasteiger partial charge in [0.1, 0.15) is 0 Å². The van der Waals surface area contributed by atoms with Crippen LogP contribution in [0.25, 0.3) is 0 Å². The summed E-state index contributed by atoms with van der Waals surface area (Å²) in [5.41, 5.74) is 0. The number of alkyl halides is 2. The fraction of sp³-hybridized carbons (Fsp3) is 1.00. The molecular formula is C4H8Cl2O. The molecule has 3 heteroatoms. The number of rotatable bonds is 2. The van der Waals surface area contributed by atoms with Crippen LogP contribution < -0.4 is 0 Å². The van der Waals surface area contributed by atoms with Gasteiger partial charge in [-0.25, -0.2) is 0 Å². The lowest BCUT2D eigenvalue weighted by Crippen LogP contribution is -2.23. The molecule has 0 aromatic rings. The first kappa shape index (κ1) is 7.54. The van der Waals surface area contributed by atoms with Crippen LogP contribution in [0.3, 0.4) is 0 Å². The maximum absolute atomic E-state index is 8.38. The summed E-state index contributed by atoms with van der Waals surface area (Å²) in [6, 6.07) is 0. The monoisotopic (exact) mass is 142 g/mol. The summed E-state index contributed by atoms with van der Waals surface area (Å²) in [6.07, 6.45) is 0. The van der Waals surface area contributed by atoms with Crippen LogP contribution in [-0.4, -0.2) is 22.5 Å². The molecule has 0 rings (SSSR count). The van der Waals surface area contributed by atoms with Crippen molar-refractivity contribution in [1.82, 2.24) is 0 Å². The summed E-state index contributed by atoms with van der Waals surface area (Å²) in [5.74, 6) is 0.283. The molecule has 0 radical (unpaired) electrons. The summed E-state index contributed by atoms with van der Waals surface area (Å²) < 4.78 is 0. The minimum atomic E-state index is -0.623. The van der Waals surface area contributed by atoms with Crippen molar-refractivity contribution < 1.29 is 5.11 Å². The van der Waals surface area contributed by atoms with Crippen LogP contribution in [0.4, 0.5) is 0 Å².